The van der Waals surface area contributed by atoms with Crippen molar-refractivity contribution in [3.63, 3.8) is 0 Å². The lowest BCUT2D eigenvalue weighted by Crippen LogP contribution is -2.17. The van der Waals surface area contributed by atoms with Crippen LogP contribution in [0.15, 0.2) is 48.5 Å². The van der Waals surface area contributed by atoms with Crippen LogP contribution in [0, 0.1) is 5.92 Å². The first-order valence-corrected chi connectivity index (χ1v) is 7.68. The molecule has 0 bridgehead atoms. The number of carbonyl (C=O) groups is 1. The van der Waals surface area contributed by atoms with E-state index in [1.165, 1.54) is 6.42 Å². The molecule has 21 heavy (non-hydrogen) atoms. The first-order chi connectivity index (χ1) is 10.3. The number of benzene rings is 2. The van der Waals surface area contributed by atoms with Gasteiger partial charge in [0.05, 0.1) is 0 Å². The van der Waals surface area contributed by atoms with Crippen LogP contribution in [0.2, 0.25) is 0 Å². The topological polar surface area (TPSA) is 37.3 Å². The van der Waals surface area contributed by atoms with Crippen molar-refractivity contribution in [1.82, 2.24) is 0 Å². The summed E-state index contributed by atoms with van der Waals surface area (Å²) in [5.41, 5.74) is 2.39. The normalized spacial score (nSPS) is 15.8. The van der Waals surface area contributed by atoms with Crippen LogP contribution in [0.25, 0.3) is 11.1 Å². The molecule has 2 aromatic rings. The van der Waals surface area contributed by atoms with Crippen LogP contribution in [0.5, 0.6) is 5.75 Å². The molecule has 0 radical (unpaired) electrons. The van der Waals surface area contributed by atoms with Gasteiger partial charge in [-0.05, 0) is 36.6 Å². The van der Waals surface area contributed by atoms with Crippen molar-refractivity contribution >= 4 is 5.78 Å². The molecule has 0 aliphatic heterocycles. The third kappa shape index (κ3) is 2.99. The number of carbonyl (C=O) groups excluding carboxylic acids is 1. The Morgan fingerprint density at radius 2 is 1.67 bits per heavy atom. The number of phenols is 1. The number of rotatable bonds is 3. The van der Waals surface area contributed by atoms with Crippen LogP contribution in [0.1, 0.15) is 42.5 Å². The number of ketones is 1. The minimum Gasteiger partial charge on any atom is -0.507 e. The molecule has 108 valence electrons. The van der Waals surface area contributed by atoms with Crippen LogP contribution < -0.4 is 0 Å². The second kappa shape index (κ2) is 6.13. The molecule has 0 unspecified atom stereocenters. The maximum absolute atomic E-state index is 12.6. The fraction of sp³-hybridized carbons (Fsp3) is 0.316. The Labute approximate surface area is 125 Å². The summed E-state index contributed by atoms with van der Waals surface area (Å²) in [7, 11) is 0. The second-order valence-electron chi connectivity index (χ2n) is 5.80. The first kappa shape index (κ1) is 13.9. The van der Waals surface area contributed by atoms with Crippen molar-refractivity contribution in [3.05, 3.63) is 54.1 Å². The van der Waals surface area contributed by atoms with Gasteiger partial charge in [0.15, 0.2) is 5.78 Å². The van der Waals surface area contributed by atoms with Crippen LogP contribution in [0.4, 0.5) is 0 Å². The van der Waals surface area contributed by atoms with Crippen molar-refractivity contribution in [2.45, 2.75) is 32.1 Å². The van der Waals surface area contributed by atoms with Gasteiger partial charge in [0.1, 0.15) is 5.75 Å². The highest BCUT2D eigenvalue weighted by atomic mass is 16.3. The Bertz CT molecular complexity index is 625. The predicted octanol–water partition coefficient (Wildman–Crippen LogP) is 4.82. The molecule has 0 aromatic heterocycles. The summed E-state index contributed by atoms with van der Waals surface area (Å²) in [6.07, 6.45) is 5.55. The van der Waals surface area contributed by atoms with Gasteiger partial charge in [0.2, 0.25) is 0 Å². The standard InChI is InChI=1S/C19H20O2/c20-18-12-11-16(19(21)15-9-5-2-6-10-15)13-17(18)14-7-3-1-4-8-14/h1,3-4,7-8,11-13,15,20H,2,5-6,9-10H2. The summed E-state index contributed by atoms with van der Waals surface area (Å²) >= 11 is 0. The summed E-state index contributed by atoms with van der Waals surface area (Å²) in [6.45, 7) is 0. The van der Waals surface area contributed by atoms with Crippen LogP contribution in [-0.4, -0.2) is 10.9 Å². The molecule has 1 aliphatic carbocycles. The summed E-state index contributed by atoms with van der Waals surface area (Å²) in [5.74, 6) is 0.611. The number of aromatic hydroxyl groups is 1. The van der Waals surface area contributed by atoms with Gasteiger partial charge in [0.25, 0.3) is 0 Å². The molecule has 0 spiro atoms. The maximum Gasteiger partial charge on any atom is 0.165 e. The second-order valence-corrected chi connectivity index (χ2v) is 5.80. The van der Waals surface area contributed by atoms with E-state index in [0.717, 1.165) is 42.4 Å². The number of phenolic OH excluding ortho intramolecular Hbond substituents is 1. The highest BCUT2D eigenvalue weighted by molar-refractivity contribution is 5.99. The molecule has 0 saturated heterocycles. The lowest BCUT2D eigenvalue weighted by Gasteiger charge is -2.20. The van der Waals surface area contributed by atoms with Gasteiger partial charge in [-0.15, -0.1) is 0 Å². The van der Waals surface area contributed by atoms with E-state index in [-0.39, 0.29) is 17.5 Å². The fourth-order valence-corrected chi connectivity index (χ4v) is 3.14. The maximum atomic E-state index is 12.6. The molecule has 1 saturated carbocycles. The Balaban J connectivity index is 1.92. The van der Waals surface area contributed by atoms with Gasteiger partial charge in [-0.1, -0.05) is 49.6 Å². The molecule has 2 nitrogen and oxygen atoms in total. The van der Waals surface area contributed by atoms with Gasteiger partial charge in [-0.25, -0.2) is 0 Å². The van der Waals surface area contributed by atoms with E-state index in [4.69, 9.17) is 0 Å². The Morgan fingerprint density at radius 1 is 0.952 bits per heavy atom. The quantitative estimate of drug-likeness (QED) is 0.818. The molecule has 1 N–H and O–H groups in total. The third-order valence-electron chi connectivity index (χ3n) is 4.34. The minimum atomic E-state index is 0.159. The average Bonchev–Trinajstić information content (AvgIpc) is 2.56. The van der Waals surface area contributed by atoms with Gasteiger partial charge in [-0.2, -0.15) is 0 Å². The molecular formula is C19H20O2. The van der Waals surface area contributed by atoms with Crippen molar-refractivity contribution in [2.24, 2.45) is 5.92 Å². The number of hydrogen-bond donors (Lipinski definition) is 1. The smallest absolute Gasteiger partial charge is 0.165 e. The zero-order chi connectivity index (χ0) is 14.7. The van der Waals surface area contributed by atoms with E-state index in [0.29, 0.717) is 0 Å². The predicted molar refractivity (Wildman–Crippen MR) is 84.4 cm³/mol. The highest BCUT2D eigenvalue weighted by Crippen LogP contribution is 2.32. The lowest BCUT2D eigenvalue weighted by atomic mass is 9.83. The van der Waals surface area contributed by atoms with Gasteiger partial charge < -0.3 is 5.11 Å². The summed E-state index contributed by atoms with van der Waals surface area (Å²) in [6, 6.07) is 14.9. The lowest BCUT2D eigenvalue weighted by molar-refractivity contribution is 0.0889. The van der Waals surface area contributed by atoms with E-state index >= 15 is 0 Å². The Morgan fingerprint density at radius 3 is 2.38 bits per heavy atom. The molecule has 2 heteroatoms. The SMILES string of the molecule is O=C(c1ccc(O)c(-c2ccccc2)c1)C1CCCCC1. The van der Waals surface area contributed by atoms with Crippen molar-refractivity contribution in [2.75, 3.05) is 0 Å². The highest BCUT2D eigenvalue weighted by Gasteiger charge is 2.23. The van der Waals surface area contributed by atoms with Crippen molar-refractivity contribution in [3.8, 4) is 16.9 Å². The summed E-state index contributed by atoms with van der Waals surface area (Å²) < 4.78 is 0. The van der Waals surface area contributed by atoms with Crippen LogP contribution in [0.3, 0.4) is 0 Å². The first-order valence-electron chi connectivity index (χ1n) is 7.68. The molecule has 1 fully saturated rings. The van der Waals surface area contributed by atoms with E-state index in [9.17, 15) is 9.90 Å². The van der Waals surface area contributed by atoms with Crippen molar-refractivity contribution in [1.29, 1.82) is 0 Å². The van der Waals surface area contributed by atoms with Crippen LogP contribution >= 0.6 is 0 Å². The Hall–Kier alpha value is -2.09. The number of hydrogen-bond acceptors (Lipinski definition) is 2. The largest absolute Gasteiger partial charge is 0.507 e. The Kier molecular flexibility index (Phi) is 4.05. The summed E-state index contributed by atoms with van der Waals surface area (Å²) in [4.78, 5) is 12.6. The minimum absolute atomic E-state index is 0.159. The zero-order valence-corrected chi connectivity index (χ0v) is 12.1. The van der Waals surface area contributed by atoms with E-state index in [1.54, 1.807) is 12.1 Å². The molecule has 3 rings (SSSR count). The van der Waals surface area contributed by atoms with E-state index in [2.05, 4.69) is 0 Å². The van der Waals surface area contributed by atoms with Gasteiger partial charge in [-0.3, -0.25) is 4.79 Å². The summed E-state index contributed by atoms with van der Waals surface area (Å²) in [5, 5.41) is 10.1. The van der Waals surface area contributed by atoms with E-state index < -0.39 is 0 Å². The van der Waals surface area contributed by atoms with Crippen LogP contribution in [-0.2, 0) is 0 Å². The average molecular weight is 280 g/mol. The number of Topliss-reactive ketones (excluding diaryl/α,β-unsaturated/α-hetero) is 1. The monoisotopic (exact) mass is 280 g/mol. The van der Waals surface area contributed by atoms with Gasteiger partial charge >= 0.3 is 0 Å². The third-order valence-corrected chi connectivity index (χ3v) is 4.34. The van der Waals surface area contributed by atoms with E-state index in [1.807, 2.05) is 36.4 Å². The zero-order valence-electron chi connectivity index (χ0n) is 12.1. The van der Waals surface area contributed by atoms with Crippen molar-refractivity contribution < 1.29 is 9.90 Å². The molecule has 0 atom stereocenters. The fourth-order valence-electron chi connectivity index (χ4n) is 3.14. The molecule has 0 amide bonds. The van der Waals surface area contributed by atoms with Gasteiger partial charge in [0, 0.05) is 17.0 Å². The molecule has 0 heterocycles. The molecule has 1 aliphatic rings. The molecule has 2 aromatic carbocycles. The molecular weight excluding hydrogens is 260 g/mol.